The first-order valence-electron chi connectivity index (χ1n) is 11.6. The highest BCUT2D eigenvalue weighted by Gasteiger charge is 2.65. The van der Waals surface area contributed by atoms with Gasteiger partial charge in [-0.05, 0) is 50.8 Å². The third-order valence-corrected chi connectivity index (χ3v) is 7.46. The molecule has 0 radical (unpaired) electrons. The average molecular weight is 467 g/mol. The quantitative estimate of drug-likeness (QED) is 0.376. The maximum Gasteiger partial charge on any atom is 0.419 e. The highest BCUT2D eigenvalue weighted by molar-refractivity contribution is 6.03. The summed E-state index contributed by atoms with van der Waals surface area (Å²) in [6, 6.07) is 7.92. The smallest absolute Gasteiger partial charge is 0.419 e. The lowest BCUT2D eigenvalue weighted by atomic mass is 9.61. The Morgan fingerprint density at radius 1 is 1.12 bits per heavy atom. The molecule has 8 nitrogen and oxygen atoms in total. The summed E-state index contributed by atoms with van der Waals surface area (Å²) in [5, 5.41) is 0. The van der Waals surface area contributed by atoms with Gasteiger partial charge in [-0.25, -0.2) is 19.3 Å². The number of carbonyl (C=O) groups is 3. The van der Waals surface area contributed by atoms with Gasteiger partial charge in [0.15, 0.2) is 0 Å². The number of esters is 2. The summed E-state index contributed by atoms with van der Waals surface area (Å²) in [7, 11) is 2.69. The topological polar surface area (TPSA) is 85.4 Å². The van der Waals surface area contributed by atoms with Gasteiger partial charge in [0.25, 0.3) is 0 Å². The number of rotatable bonds is 2. The summed E-state index contributed by atoms with van der Waals surface area (Å²) in [4.78, 5) is 43.1. The largest absolute Gasteiger partial charge is 0.466 e. The maximum absolute atomic E-state index is 13.6. The van der Waals surface area contributed by atoms with Crippen molar-refractivity contribution in [2.75, 3.05) is 32.2 Å². The molecule has 0 N–H and O–H groups in total. The zero-order valence-electron chi connectivity index (χ0n) is 20.2. The fraction of sp³-hybridized carbons (Fsp3) is 0.500. The lowest BCUT2D eigenvalue weighted by molar-refractivity contribution is -0.137. The first-order chi connectivity index (χ1) is 16.1. The molecule has 3 heterocycles. The van der Waals surface area contributed by atoms with Crippen LogP contribution in [0, 0.1) is 5.92 Å². The number of methoxy groups -OCH3 is 2. The molecular formula is C26H30N2O6. The van der Waals surface area contributed by atoms with Crippen LogP contribution in [0.3, 0.4) is 0 Å². The maximum atomic E-state index is 13.6. The number of para-hydroxylation sites is 1. The normalized spacial score (nSPS) is 28.5. The number of piperidine rings is 1. The van der Waals surface area contributed by atoms with Gasteiger partial charge >= 0.3 is 18.0 Å². The molecule has 0 unspecified atom stereocenters. The Balaban J connectivity index is 1.80. The Hall–Kier alpha value is -3.13. The first-order valence-corrected chi connectivity index (χ1v) is 11.6. The molecule has 3 aliphatic heterocycles. The van der Waals surface area contributed by atoms with Crippen LogP contribution in [0.5, 0.6) is 0 Å². The molecular weight excluding hydrogens is 436 g/mol. The molecule has 3 atom stereocenters. The van der Waals surface area contributed by atoms with Gasteiger partial charge in [0.2, 0.25) is 0 Å². The number of hydrogen-bond donors (Lipinski definition) is 0. The monoisotopic (exact) mass is 466 g/mol. The lowest BCUT2D eigenvalue weighted by Gasteiger charge is -2.49. The molecule has 1 spiro atoms. The lowest BCUT2D eigenvalue weighted by Crippen LogP contribution is -2.55. The summed E-state index contributed by atoms with van der Waals surface area (Å²) in [5.74, 6) is -1.30. The molecule has 2 saturated heterocycles. The Morgan fingerprint density at radius 2 is 1.85 bits per heavy atom. The minimum absolute atomic E-state index is 0.0873. The number of amides is 1. The van der Waals surface area contributed by atoms with Crippen LogP contribution < -0.4 is 4.90 Å². The van der Waals surface area contributed by atoms with Crippen LogP contribution in [0.4, 0.5) is 10.5 Å². The number of fused-ring (bicyclic) bond motifs is 2. The van der Waals surface area contributed by atoms with Gasteiger partial charge in [-0.3, -0.25) is 4.90 Å². The fourth-order valence-corrected chi connectivity index (χ4v) is 6.33. The van der Waals surface area contributed by atoms with Gasteiger partial charge < -0.3 is 14.2 Å². The number of nitrogens with zero attached hydrogens (tertiary/aromatic N) is 2. The predicted octanol–water partition coefficient (Wildman–Crippen LogP) is 3.31. The summed E-state index contributed by atoms with van der Waals surface area (Å²) >= 11 is 0. The van der Waals surface area contributed by atoms with E-state index in [0.29, 0.717) is 24.2 Å². The number of ether oxygens (including phenoxy) is 3. The van der Waals surface area contributed by atoms with E-state index >= 15 is 0 Å². The molecule has 0 saturated carbocycles. The van der Waals surface area contributed by atoms with Crippen LogP contribution in [0.1, 0.15) is 39.2 Å². The van der Waals surface area contributed by atoms with Gasteiger partial charge in [-0.1, -0.05) is 18.2 Å². The van der Waals surface area contributed by atoms with E-state index in [9.17, 15) is 14.4 Å². The Morgan fingerprint density at radius 3 is 2.53 bits per heavy atom. The van der Waals surface area contributed by atoms with Gasteiger partial charge in [0.05, 0.1) is 36.6 Å². The van der Waals surface area contributed by atoms with Crippen molar-refractivity contribution in [1.29, 1.82) is 0 Å². The molecule has 1 amide bonds. The second kappa shape index (κ2) is 7.70. The SMILES string of the molecule is COC(=O)/C=C1/CN2CC[C@]34C(=C(C(=O)OC)[C@H]1C[C@H]23)N(C(=O)OC(C)(C)C)c1ccccc14. The van der Waals surface area contributed by atoms with Crippen LogP contribution in [0.25, 0.3) is 0 Å². The Kier molecular flexibility index (Phi) is 5.13. The molecule has 2 bridgehead atoms. The van der Waals surface area contributed by atoms with Gasteiger partial charge in [0.1, 0.15) is 5.60 Å². The number of benzene rings is 1. The zero-order chi connectivity index (χ0) is 24.4. The van der Waals surface area contributed by atoms with E-state index in [4.69, 9.17) is 14.2 Å². The third kappa shape index (κ3) is 3.11. The Labute approximate surface area is 199 Å². The van der Waals surface area contributed by atoms with Crippen LogP contribution >= 0.6 is 0 Å². The summed E-state index contributed by atoms with van der Waals surface area (Å²) in [6.07, 6.45) is 2.37. The highest BCUT2D eigenvalue weighted by atomic mass is 16.6. The summed E-state index contributed by atoms with van der Waals surface area (Å²) < 4.78 is 16.0. The van der Waals surface area contributed by atoms with Crippen molar-refractivity contribution in [3.05, 3.63) is 52.7 Å². The first kappa shape index (κ1) is 22.7. The molecule has 1 aromatic carbocycles. The van der Waals surface area contributed by atoms with Crippen LogP contribution in [0.15, 0.2) is 47.2 Å². The zero-order valence-corrected chi connectivity index (χ0v) is 20.2. The van der Waals surface area contributed by atoms with Crippen molar-refractivity contribution < 1.29 is 28.6 Å². The molecule has 34 heavy (non-hydrogen) atoms. The highest BCUT2D eigenvalue weighted by Crippen LogP contribution is 2.63. The number of anilines is 1. The van der Waals surface area contributed by atoms with E-state index in [2.05, 4.69) is 11.0 Å². The summed E-state index contributed by atoms with van der Waals surface area (Å²) in [5.41, 5.74) is 2.39. The van der Waals surface area contributed by atoms with E-state index in [-0.39, 0.29) is 12.0 Å². The number of carbonyl (C=O) groups excluding carboxylic acids is 3. The van der Waals surface area contributed by atoms with E-state index in [1.165, 1.54) is 20.3 Å². The van der Waals surface area contributed by atoms with Gasteiger partial charge in [-0.2, -0.15) is 0 Å². The predicted molar refractivity (Wildman–Crippen MR) is 124 cm³/mol. The second-order valence-corrected chi connectivity index (χ2v) is 10.3. The van der Waals surface area contributed by atoms with Crippen LogP contribution in [-0.4, -0.2) is 61.9 Å². The molecule has 4 aliphatic rings. The van der Waals surface area contributed by atoms with Crippen molar-refractivity contribution in [2.45, 2.75) is 50.7 Å². The molecule has 2 fully saturated rings. The Bertz CT molecular complexity index is 1150. The third-order valence-electron chi connectivity index (χ3n) is 7.46. The minimum atomic E-state index is -0.712. The molecule has 1 aromatic rings. The molecule has 180 valence electrons. The van der Waals surface area contributed by atoms with E-state index in [0.717, 1.165) is 29.8 Å². The number of hydrogen-bond acceptors (Lipinski definition) is 7. The second-order valence-electron chi connectivity index (χ2n) is 10.3. The van der Waals surface area contributed by atoms with Crippen LogP contribution in [-0.2, 0) is 29.2 Å². The van der Waals surface area contributed by atoms with Crippen molar-refractivity contribution in [2.24, 2.45) is 5.92 Å². The van der Waals surface area contributed by atoms with Gasteiger partial charge in [0, 0.05) is 31.1 Å². The van der Waals surface area contributed by atoms with Gasteiger partial charge in [-0.15, -0.1) is 0 Å². The summed E-state index contributed by atoms with van der Waals surface area (Å²) in [6.45, 7) is 6.81. The molecule has 0 aromatic heterocycles. The van der Waals surface area contributed by atoms with E-state index < -0.39 is 29.0 Å². The van der Waals surface area contributed by atoms with Crippen molar-refractivity contribution >= 4 is 23.7 Å². The van der Waals surface area contributed by atoms with E-state index in [1.807, 2.05) is 39.0 Å². The standard InChI is InChI=1S/C26H30N2O6/c1-25(2,3)34-24(31)28-18-9-7-6-8-17(18)26-10-11-27-14-15(12-20(29)32-4)16(13-19(26)27)21(22(26)28)23(30)33-5/h6-9,12,16,19H,10-11,13-14H2,1-5H3/b15-12-/t16-,19-,26+/m0/s1. The van der Waals surface area contributed by atoms with Crippen molar-refractivity contribution in [3.63, 3.8) is 0 Å². The molecule has 5 rings (SSSR count). The fourth-order valence-electron chi connectivity index (χ4n) is 6.33. The molecule has 1 aliphatic carbocycles. The molecule has 8 heteroatoms. The van der Waals surface area contributed by atoms with Crippen molar-refractivity contribution in [1.82, 2.24) is 4.90 Å². The van der Waals surface area contributed by atoms with Crippen LogP contribution in [0.2, 0.25) is 0 Å². The minimum Gasteiger partial charge on any atom is -0.466 e. The van der Waals surface area contributed by atoms with Crippen molar-refractivity contribution in [3.8, 4) is 0 Å². The van der Waals surface area contributed by atoms with E-state index in [1.54, 1.807) is 4.90 Å². The average Bonchev–Trinajstić information content (AvgIpc) is 3.32.